The maximum atomic E-state index is 13.8. The molecule has 2 fully saturated rings. The maximum absolute atomic E-state index is 13.8. The van der Waals surface area contributed by atoms with Crippen LogP contribution in [0.2, 0.25) is 0 Å². The van der Waals surface area contributed by atoms with Crippen molar-refractivity contribution in [3.05, 3.63) is 52.6 Å². The van der Waals surface area contributed by atoms with E-state index in [1.54, 1.807) is 25.1 Å². The van der Waals surface area contributed by atoms with Crippen molar-refractivity contribution in [3.8, 4) is 11.5 Å². The normalized spacial score (nSPS) is 29.6. The molecule has 9 heteroatoms. The van der Waals surface area contributed by atoms with Gasteiger partial charge in [0.2, 0.25) is 24.5 Å². The molecule has 3 N–H and O–H groups in total. The number of amides is 3. The minimum Gasteiger partial charge on any atom is -0.454 e. The van der Waals surface area contributed by atoms with Gasteiger partial charge in [0, 0.05) is 17.3 Å². The van der Waals surface area contributed by atoms with Crippen molar-refractivity contribution >= 4 is 23.4 Å². The van der Waals surface area contributed by atoms with Crippen LogP contribution in [0.4, 0.5) is 5.69 Å². The number of aliphatic hydroxyl groups is 1. The van der Waals surface area contributed by atoms with E-state index >= 15 is 0 Å². The fraction of sp³-hybridized carbons (Fsp3) is 0.400. The van der Waals surface area contributed by atoms with Gasteiger partial charge in [-0.05, 0) is 49.6 Å². The maximum Gasteiger partial charge on any atom is 0.250 e. The average molecular weight is 463 g/mol. The molecule has 6 rings (SSSR count). The Morgan fingerprint density at radius 1 is 1.12 bits per heavy atom. The van der Waals surface area contributed by atoms with Crippen molar-refractivity contribution in [3.63, 3.8) is 0 Å². The van der Waals surface area contributed by atoms with Gasteiger partial charge >= 0.3 is 0 Å². The first-order valence-corrected chi connectivity index (χ1v) is 11.4. The van der Waals surface area contributed by atoms with Crippen molar-refractivity contribution in [1.29, 1.82) is 0 Å². The number of carbonyl (C=O) groups is 3. The number of aliphatic hydroxyl groups excluding tert-OH is 1. The third-order valence-corrected chi connectivity index (χ3v) is 7.74. The van der Waals surface area contributed by atoms with E-state index in [9.17, 15) is 19.5 Å². The summed E-state index contributed by atoms with van der Waals surface area (Å²) in [6.07, 6.45) is -0.947. The zero-order valence-corrected chi connectivity index (χ0v) is 19.0. The minimum atomic E-state index is -1.42. The number of nitrogens with one attached hydrogen (secondary N) is 2. The molecule has 0 unspecified atom stereocenters. The summed E-state index contributed by atoms with van der Waals surface area (Å²) >= 11 is 0. The van der Waals surface area contributed by atoms with Gasteiger partial charge in [-0.1, -0.05) is 18.2 Å². The van der Waals surface area contributed by atoms with E-state index in [0.717, 1.165) is 11.1 Å². The molecule has 9 nitrogen and oxygen atoms in total. The summed E-state index contributed by atoms with van der Waals surface area (Å²) in [6, 6.07) is 8.28. The van der Waals surface area contributed by atoms with Crippen LogP contribution in [-0.2, 0) is 26.5 Å². The number of fused-ring (bicyclic) bond motifs is 5. The molecule has 0 aromatic heterocycles. The molecule has 0 aliphatic carbocycles. The summed E-state index contributed by atoms with van der Waals surface area (Å²) in [4.78, 5) is 42.1. The van der Waals surface area contributed by atoms with E-state index in [-0.39, 0.29) is 19.2 Å². The molecular formula is C25H25N3O6. The second-order valence-corrected chi connectivity index (χ2v) is 9.56. The van der Waals surface area contributed by atoms with Crippen LogP contribution >= 0.6 is 0 Å². The molecule has 4 heterocycles. The highest BCUT2D eigenvalue weighted by Gasteiger charge is 2.71. The first kappa shape index (κ1) is 21.1. The molecule has 2 aromatic rings. The number of nitrogens with zero attached hydrogens (tertiary/aromatic N) is 1. The van der Waals surface area contributed by atoms with Crippen LogP contribution in [0.15, 0.2) is 30.3 Å². The number of carbonyl (C=O) groups excluding carboxylic acids is 3. The largest absolute Gasteiger partial charge is 0.454 e. The highest BCUT2D eigenvalue weighted by molar-refractivity contribution is 6.15. The molecule has 34 heavy (non-hydrogen) atoms. The quantitative estimate of drug-likeness (QED) is 0.588. The summed E-state index contributed by atoms with van der Waals surface area (Å²) in [6.45, 7) is 5.61. The van der Waals surface area contributed by atoms with Gasteiger partial charge in [0.15, 0.2) is 11.5 Å². The van der Waals surface area contributed by atoms with Crippen molar-refractivity contribution in [2.45, 2.75) is 45.0 Å². The number of likely N-dealkylation sites (tertiary alicyclic amines) is 1. The fourth-order valence-electron chi connectivity index (χ4n) is 5.90. The standard InChI is InChI=1S/C25H25N3O6/c1-11-4-6-15-20(12(11)2)26-24(32)25(15)19-18(21(27-25)13(3)29)22(30)28(23(19)31)9-14-5-7-16-17(8-14)34-10-33-16/h4-8,13,18-19,21,27,29H,9-10H2,1-3H3,(H,26,32)/t13-,18-,19-,21+,25+/m0/s1. The van der Waals surface area contributed by atoms with Crippen LogP contribution in [0.5, 0.6) is 11.5 Å². The molecule has 5 atom stereocenters. The van der Waals surface area contributed by atoms with Crippen LogP contribution in [0.1, 0.15) is 29.2 Å². The summed E-state index contributed by atoms with van der Waals surface area (Å²) in [5.41, 5.74) is 2.52. The molecule has 1 spiro atoms. The Hall–Kier alpha value is -3.43. The predicted molar refractivity (Wildman–Crippen MR) is 120 cm³/mol. The summed E-state index contributed by atoms with van der Waals surface area (Å²) in [7, 11) is 0. The Bertz CT molecular complexity index is 1270. The molecule has 2 saturated heterocycles. The lowest BCUT2D eigenvalue weighted by Gasteiger charge is -2.30. The predicted octanol–water partition coefficient (Wildman–Crippen LogP) is 1.33. The number of ether oxygens (including phenoxy) is 2. The molecule has 3 amide bonds. The lowest BCUT2D eigenvalue weighted by molar-refractivity contribution is -0.143. The molecule has 176 valence electrons. The number of aryl methyl sites for hydroxylation is 1. The van der Waals surface area contributed by atoms with E-state index in [1.165, 1.54) is 4.90 Å². The monoisotopic (exact) mass is 463 g/mol. The van der Waals surface area contributed by atoms with E-state index in [1.807, 2.05) is 26.0 Å². The van der Waals surface area contributed by atoms with Gasteiger partial charge < -0.3 is 19.9 Å². The first-order chi connectivity index (χ1) is 16.2. The van der Waals surface area contributed by atoms with Gasteiger partial charge in [0.05, 0.1) is 24.5 Å². The minimum absolute atomic E-state index is 0.0469. The van der Waals surface area contributed by atoms with Gasteiger partial charge in [-0.2, -0.15) is 0 Å². The van der Waals surface area contributed by atoms with E-state index < -0.39 is 41.3 Å². The molecule has 4 aliphatic heterocycles. The number of rotatable bonds is 3. The van der Waals surface area contributed by atoms with Crippen molar-refractivity contribution in [2.24, 2.45) is 11.8 Å². The Morgan fingerprint density at radius 2 is 1.88 bits per heavy atom. The lowest BCUT2D eigenvalue weighted by atomic mass is 9.76. The van der Waals surface area contributed by atoms with Crippen molar-refractivity contribution < 1.29 is 29.0 Å². The second kappa shape index (κ2) is 7.04. The number of hydrogen-bond acceptors (Lipinski definition) is 7. The van der Waals surface area contributed by atoms with Gasteiger partial charge in [-0.25, -0.2) is 0 Å². The molecular weight excluding hydrogens is 438 g/mol. The zero-order valence-electron chi connectivity index (χ0n) is 19.0. The Morgan fingerprint density at radius 3 is 2.65 bits per heavy atom. The van der Waals surface area contributed by atoms with Crippen LogP contribution < -0.4 is 20.1 Å². The SMILES string of the molecule is Cc1ccc2c(c1C)NC(=O)[C@@]21N[C@H]([C@H](C)O)[C@H]2C(=O)N(Cc3ccc4c(c3)OCO4)C(=O)[C@H]21. The van der Waals surface area contributed by atoms with Crippen LogP contribution in [0.25, 0.3) is 0 Å². The smallest absolute Gasteiger partial charge is 0.250 e. The number of anilines is 1. The molecule has 0 saturated carbocycles. The number of imide groups is 1. The van der Waals surface area contributed by atoms with Gasteiger partial charge in [-0.15, -0.1) is 0 Å². The van der Waals surface area contributed by atoms with Gasteiger partial charge in [-0.3, -0.25) is 24.6 Å². The molecule has 2 aromatic carbocycles. The third-order valence-electron chi connectivity index (χ3n) is 7.74. The summed E-state index contributed by atoms with van der Waals surface area (Å²) < 4.78 is 10.8. The number of hydrogen-bond donors (Lipinski definition) is 3. The third kappa shape index (κ3) is 2.59. The molecule has 4 aliphatic rings. The second-order valence-electron chi connectivity index (χ2n) is 9.56. The number of benzene rings is 2. The average Bonchev–Trinajstić information content (AvgIpc) is 3.53. The highest BCUT2D eigenvalue weighted by Crippen LogP contribution is 2.54. The summed E-state index contributed by atoms with van der Waals surface area (Å²) in [5.74, 6) is -1.84. The highest BCUT2D eigenvalue weighted by atomic mass is 16.7. The molecule has 0 radical (unpaired) electrons. The van der Waals surface area contributed by atoms with Crippen LogP contribution in [-0.4, -0.2) is 46.7 Å². The van der Waals surface area contributed by atoms with E-state index in [4.69, 9.17) is 9.47 Å². The lowest BCUT2D eigenvalue weighted by Crippen LogP contribution is -2.54. The van der Waals surface area contributed by atoms with Crippen molar-refractivity contribution in [1.82, 2.24) is 10.2 Å². The van der Waals surface area contributed by atoms with E-state index in [2.05, 4.69) is 10.6 Å². The van der Waals surface area contributed by atoms with Crippen molar-refractivity contribution in [2.75, 3.05) is 12.1 Å². The summed E-state index contributed by atoms with van der Waals surface area (Å²) in [5, 5.41) is 16.7. The van der Waals surface area contributed by atoms with Gasteiger partial charge in [0.25, 0.3) is 0 Å². The van der Waals surface area contributed by atoms with E-state index in [0.29, 0.717) is 28.3 Å². The Labute approximate surface area is 196 Å². The topological polar surface area (TPSA) is 117 Å². The van der Waals surface area contributed by atoms with Crippen LogP contribution in [0.3, 0.4) is 0 Å². The van der Waals surface area contributed by atoms with Crippen LogP contribution in [0, 0.1) is 25.7 Å². The Kier molecular flexibility index (Phi) is 4.37. The molecule has 0 bridgehead atoms. The first-order valence-electron chi connectivity index (χ1n) is 11.4. The van der Waals surface area contributed by atoms with Gasteiger partial charge in [0.1, 0.15) is 5.54 Å². The Balaban J connectivity index is 1.43. The fourth-order valence-corrected chi connectivity index (χ4v) is 5.90. The zero-order chi connectivity index (χ0) is 23.9.